The van der Waals surface area contributed by atoms with E-state index in [1.165, 1.54) is 0 Å². The highest BCUT2D eigenvalue weighted by molar-refractivity contribution is 6.01. The molecule has 0 unspecified atom stereocenters. The molecular formula is C20H20N4O3. The summed E-state index contributed by atoms with van der Waals surface area (Å²) in [6, 6.07) is 14.6. The standard InChI is InChI=1S/C20H20N4O3/c1-26-17-4-2-3-5-18(17)27-16-8-6-14(7-9-16)23-20(25)19-22-13-15-12-21-10-11-24(15)19/h2-9,13,21H,10-12H2,1H3,(H,23,25). The third-order valence-corrected chi connectivity index (χ3v) is 4.37. The molecule has 0 bridgehead atoms. The van der Waals surface area contributed by atoms with Crippen LogP contribution in [-0.2, 0) is 13.1 Å². The molecule has 7 nitrogen and oxygen atoms in total. The maximum atomic E-state index is 12.5. The molecular weight excluding hydrogens is 344 g/mol. The second-order valence-electron chi connectivity index (χ2n) is 6.13. The number of methoxy groups -OCH3 is 1. The molecule has 0 radical (unpaired) electrons. The Hall–Kier alpha value is -3.32. The van der Waals surface area contributed by atoms with E-state index in [0.717, 1.165) is 25.3 Å². The Morgan fingerprint density at radius 1 is 1.15 bits per heavy atom. The molecule has 2 N–H and O–H groups in total. The molecule has 27 heavy (non-hydrogen) atoms. The molecule has 3 aromatic rings. The molecule has 7 heteroatoms. The summed E-state index contributed by atoms with van der Waals surface area (Å²) in [5.74, 6) is 2.16. The van der Waals surface area contributed by atoms with Crippen molar-refractivity contribution in [3.05, 3.63) is 66.2 Å². The molecule has 2 aromatic carbocycles. The lowest BCUT2D eigenvalue weighted by molar-refractivity contribution is 0.101. The molecule has 0 atom stereocenters. The van der Waals surface area contributed by atoms with Gasteiger partial charge < -0.3 is 24.7 Å². The number of para-hydroxylation sites is 2. The van der Waals surface area contributed by atoms with Crippen LogP contribution in [0.25, 0.3) is 0 Å². The van der Waals surface area contributed by atoms with Crippen molar-refractivity contribution in [3.8, 4) is 17.2 Å². The number of hydrogen-bond donors (Lipinski definition) is 2. The number of aromatic nitrogens is 2. The van der Waals surface area contributed by atoms with Gasteiger partial charge in [0.05, 0.1) is 19.0 Å². The van der Waals surface area contributed by atoms with Crippen LogP contribution in [0, 0.1) is 0 Å². The number of imidazole rings is 1. The maximum Gasteiger partial charge on any atom is 0.291 e. The summed E-state index contributed by atoms with van der Waals surface area (Å²) < 4.78 is 13.1. The van der Waals surface area contributed by atoms with Crippen molar-refractivity contribution in [2.45, 2.75) is 13.1 Å². The van der Waals surface area contributed by atoms with E-state index >= 15 is 0 Å². The number of rotatable bonds is 5. The molecule has 1 aliphatic heterocycles. The number of benzene rings is 2. The number of nitrogens with one attached hydrogen (secondary N) is 2. The van der Waals surface area contributed by atoms with Crippen molar-refractivity contribution < 1.29 is 14.3 Å². The van der Waals surface area contributed by atoms with Gasteiger partial charge in [-0.05, 0) is 36.4 Å². The predicted molar refractivity (Wildman–Crippen MR) is 101 cm³/mol. The fourth-order valence-electron chi connectivity index (χ4n) is 3.01. The van der Waals surface area contributed by atoms with Gasteiger partial charge in [0.15, 0.2) is 17.3 Å². The lowest BCUT2D eigenvalue weighted by Crippen LogP contribution is -2.30. The minimum absolute atomic E-state index is 0.221. The van der Waals surface area contributed by atoms with Crippen LogP contribution in [0.15, 0.2) is 54.7 Å². The summed E-state index contributed by atoms with van der Waals surface area (Å²) in [6.07, 6.45) is 1.74. The van der Waals surface area contributed by atoms with Crippen LogP contribution in [-0.4, -0.2) is 29.1 Å². The van der Waals surface area contributed by atoms with Gasteiger partial charge in [-0.15, -0.1) is 0 Å². The van der Waals surface area contributed by atoms with Gasteiger partial charge in [-0.3, -0.25) is 4.79 Å². The first kappa shape index (κ1) is 17.1. The minimum atomic E-state index is -0.221. The number of fused-ring (bicyclic) bond motifs is 1. The van der Waals surface area contributed by atoms with Crippen LogP contribution < -0.4 is 20.1 Å². The molecule has 1 amide bonds. The summed E-state index contributed by atoms with van der Waals surface area (Å²) >= 11 is 0. The largest absolute Gasteiger partial charge is 0.493 e. The Morgan fingerprint density at radius 3 is 2.70 bits per heavy atom. The van der Waals surface area contributed by atoms with Crippen molar-refractivity contribution >= 4 is 11.6 Å². The van der Waals surface area contributed by atoms with E-state index in [0.29, 0.717) is 28.8 Å². The Kier molecular flexibility index (Phi) is 4.76. The maximum absolute atomic E-state index is 12.5. The average Bonchev–Trinajstić information content (AvgIpc) is 3.14. The molecule has 138 valence electrons. The van der Waals surface area contributed by atoms with Gasteiger partial charge in [-0.25, -0.2) is 4.98 Å². The van der Waals surface area contributed by atoms with Gasteiger partial charge in [0.25, 0.3) is 5.91 Å². The first-order valence-corrected chi connectivity index (χ1v) is 8.72. The van der Waals surface area contributed by atoms with E-state index in [1.807, 2.05) is 28.8 Å². The molecule has 0 saturated carbocycles. The Morgan fingerprint density at radius 2 is 1.93 bits per heavy atom. The third kappa shape index (κ3) is 3.63. The summed E-state index contributed by atoms with van der Waals surface area (Å²) in [4.78, 5) is 16.8. The zero-order valence-electron chi connectivity index (χ0n) is 14.9. The molecule has 2 heterocycles. The van der Waals surface area contributed by atoms with Gasteiger partial charge in [0, 0.05) is 25.3 Å². The van der Waals surface area contributed by atoms with Gasteiger partial charge in [0.2, 0.25) is 0 Å². The highest BCUT2D eigenvalue weighted by atomic mass is 16.5. The Bertz CT molecular complexity index is 950. The fraction of sp³-hybridized carbons (Fsp3) is 0.200. The smallest absolute Gasteiger partial charge is 0.291 e. The molecule has 0 fully saturated rings. The zero-order chi connectivity index (χ0) is 18.6. The second kappa shape index (κ2) is 7.51. The second-order valence-corrected chi connectivity index (χ2v) is 6.13. The lowest BCUT2D eigenvalue weighted by Gasteiger charge is -2.17. The number of carbonyl (C=O) groups excluding carboxylic acids is 1. The number of carbonyl (C=O) groups is 1. The van der Waals surface area contributed by atoms with Crippen molar-refractivity contribution in [2.75, 3.05) is 19.0 Å². The molecule has 0 aliphatic carbocycles. The third-order valence-electron chi connectivity index (χ3n) is 4.37. The molecule has 0 spiro atoms. The van der Waals surface area contributed by atoms with Crippen LogP contribution in [0.5, 0.6) is 17.2 Å². The highest BCUT2D eigenvalue weighted by Gasteiger charge is 2.19. The van der Waals surface area contributed by atoms with Crippen LogP contribution in [0.3, 0.4) is 0 Å². The van der Waals surface area contributed by atoms with Crippen molar-refractivity contribution in [1.82, 2.24) is 14.9 Å². The van der Waals surface area contributed by atoms with Gasteiger partial charge in [-0.2, -0.15) is 0 Å². The van der Waals surface area contributed by atoms with E-state index in [4.69, 9.17) is 9.47 Å². The SMILES string of the molecule is COc1ccccc1Oc1ccc(NC(=O)c2ncc3n2CCNC3)cc1. The normalized spacial score (nSPS) is 12.9. The summed E-state index contributed by atoms with van der Waals surface area (Å²) in [6.45, 7) is 2.30. The quantitative estimate of drug-likeness (QED) is 0.728. The first-order valence-electron chi connectivity index (χ1n) is 8.72. The summed E-state index contributed by atoms with van der Waals surface area (Å²) in [5, 5.41) is 6.15. The Labute approximate surface area is 156 Å². The van der Waals surface area contributed by atoms with Gasteiger partial charge in [-0.1, -0.05) is 12.1 Å². The van der Waals surface area contributed by atoms with E-state index in [2.05, 4.69) is 15.6 Å². The van der Waals surface area contributed by atoms with Crippen LogP contribution in [0.4, 0.5) is 5.69 Å². The average molecular weight is 364 g/mol. The van der Waals surface area contributed by atoms with E-state index < -0.39 is 0 Å². The first-order chi connectivity index (χ1) is 13.2. The van der Waals surface area contributed by atoms with Crippen molar-refractivity contribution in [2.24, 2.45) is 0 Å². The van der Waals surface area contributed by atoms with Crippen molar-refractivity contribution in [3.63, 3.8) is 0 Å². The lowest BCUT2D eigenvalue weighted by atomic mass is 10.3. The number of amides is 1. The molecule has 1 aromatic heterocycles. The van der Waals surface area contributed by atoms with E-state index in [1.54, 1.807) is 37.6 Å². The van der Waals surface area contributed by atoms with E-state index in [9.17, 15) is 4.79 Å². The number of hydrogen-bond acceptors (Lipinski definition) is 5. The molecule has 4 rings (SSSR count). The monoisotopic (exact) mass is 364 g/mol. The summed E-state index contributed by atoms with van der Waals surface area (Å²) in [7, 11) is 1.60. The molecule has 1 aliphatic rings. The number of ether oxygens (including phenoxy) is 2. The zero-order valence-corrected chi connectivity index (χ0v) is 14.9. The van der Waals surface area contributed by atoms with E-state index in [-0.39, 0.29) is 5.91 Å². The fourth-order valence-corrected chi connectivity index (χ4v) is 3.01. The minimum Gasteiger partial charge on any atom is -0.493 e. The van der Waals surface area contributed by atoms with Crippen LogP contribution in [0.1, 0.15) is 16.3 Å². The topological polar surface area (TPSA) is 77.4 Å². The van der Waals surface area contributed by atoms with Crippen molar-refractivity contribution in [1.29, 1.82) is 0 Å². The van der Waals surface area contributed by atoms with Gasteiger partial charge >= 0.3 is 0 Å². The van der Waals surface area contributed by atoms with Gasteiger partial charge in [0.1, 0.15) is 5.75 Å². The van der Waals surface area contributed by atoms with Crippen LogP contribution in [0.2, 0.25) is 0 Å². The summed E-state index contributed by atoms with van der Waals surface area (Å²) in [5.41, 5.74) is 1.70. The number of anilines is 1. The predicted octanol–water partition coefficient (Wildman–Crippen LogP) is 3.04. The number of nitrogens with zero attached hydrogens (tertiary/aromatic N) is 2. The molecule has 0 saturated heterocycles. The highest BCUT2D eigenvalue weighted by Crippen LogP contribution is 2.31. The Balaban J connectivity index is 1.45. The van der Waals surface area contributed by atoms with Crippen LogP contribution >= 0.6 is 0 Å².